The summed E-state index contributed by atoms with van der Waals surface area (Å²) in [5, 5.41) is 1.78. The second-order valence-electron chi connectivity index (χ2n) is 3.02. The molecular formula is C11H9ClNS. The van der Waals surface area contributed by atoms with Crippen molar-refractivity contribution in [1.29, 1.82) is 0 Å². The zero-order valence-electron chi connectivity index (χ0n) is 7.75. The molecule has 1 aromatic heterocycles. The number of aromatic nitrogens is 1. The Bertz CT molecular complexity index is 462. The number of aryl methyl sites for hydroxylation is 1. The van der Waals surface area contributed by atoms with Crippen molar-refractivity contribution >= 4 is 22.9 Å². The lowest BCUT2D eigenvalue weighted by Gasteiger charge is -1.98. The third-order valence-corrected chi connectivity index (χ3v) is 3.19. The highest BCUT2D eigenvalue weighted by Crippen LogP contribution is 2.30. The third-order valence-electron chi connectivity index (χ3n) is 1.89. The van der Waals surface area contributed by atoms with E-state index in [-0.39, 0.29) is 0 Å². The molecule has 0 unspecified atom stereocenters. The minimum atomic E-state index is 0.743. The van der Waals surface area contributed by atoms with Crippen LogP contribution in [0.2, 0.25) is 5.02 Å². The molecule has 0 aliphatic rings. The molecule has 0 amide bonds. The summed E-state index contributed by atoms with van der Waals surface area (Å²) >= 11 is 7.56. The van der Waals surface area contributed by atoms with Crippen molar-refractivity contribution in [2.75, 3.05) is 0 Å². The van der Waals surface area contributed by atoms with Gasteiger partial charge in [-0.25, -0.2) is 4.98 Å². The van der Waals surface area contributed by atoms with E-state index in [0.717, 1.165) is 26.2 Å². The molecule has 0 N–H and O–H groups in total. The highest BCUT2D eigenvalue weighted by molar-refractivity contribution is 7.15. The molecule has 0 aliphatic heterocycles. The highest BCUT2D eigenvalue weighted by Gasteiger charge is 2.07. The monoisotopic (exact) mass is 222 g/mol. The second-order valence-corrected chi connectivity index (χ2v) is 4.66. The van der Waals surface area contributed by atoms with E-state index in [1.54, 1.807) is 11.3 Å². The van der Waals surface area contributed by atoms with Gasteiger partial charge in [0.1, 0.15) is 0 Å². The van der Waals surface area contributed by atoms with E-state index in [4.69, 9.17) is 11.6 Å². The van der Waals surface area contributed by atoms with Crippen LogP contribution in [-0.4, -0.2) is 4.98 Å². The van der Waals surface area contributed by atoms with Crippen molar-refractivity contribution in [3.63, 3.8) is 0 Å². The molecule has 0 saturated carbocycles. The molecule has 2 rings (SSSR count). The Labute approximate surface area is 92.4 Å². The summed E-state index contributed by atoms with van der Waals surface area (Å²) in [6.07, 6.45) is 0. The van der Waals surface area contributed by atoms with Crippen LogP contribution in [0.1, 0.15) is 10.7 Å². The lowest BCUT2D eigenvalue weighted by molar-refractivity contribution is 1.25. The van der Waals surface area contributed by atoms with Crippen molar-refractivity contribution in [3.8, 4) is 10.4 Å². The van der Waals surface area contributed by atoms with E-state index >= 15 is 0 Å². The maximum Gasteiger partial charge on any atom is 0.0903 e. The molecule has 14 heavy (non-hydrogen) atoms. The van der Waals surface area contributed by atoms with Gasteiger partial charge < -0.3 is 0 Å². The fourth-order valence-electron chi connectivity index (χ4n) is 1.33. The number of nitrogens with zero attached hydrogens (tertiary/aromatic N) is 1. The molecule has 0 bridgehead atoms. The van der Waals surface area contributed by atoms with E-state index in [2.05, 4.69) is 11.9 Å². The van der Waals surface area contributed by atoms with Gasteiger partial charge in [-0.3, -0.25) is 0 Å². The molecule has 0 aliphatic carbocycles. The molecule has 0 saturated heterocycles. The number of hydrogen-bond donors (Lipinski definition) is 0. The average molecular weight is 223 g/mol. The number of benzene rings is 1. The van der Waals surface area contributed by atoms with Gasteiger partial charge >= 0.3 is 0 Å². The first-order chi connectivity index (χ1) is 6.66. The topological polar surface area (TPSA) is 12.9 Å². The van der Waals surface area contributed by atoms with Crippen LogP contribution in [0.3, 0.4) is 0 Å². The first-order valence-corrected chi connectivity index (χ1v) is 5.41. The molecule has 1 heterocycles. The van der Waals surface area contributed by atoms with Crippen LogP contribution in [0, 0.1) is 13.8 Å². The minimum absolute atomic E-state index is 0.743. The van der Waals surface area contributed by atoms with Gasteiger partial charge in [0, 0.05) is 5.02 Å². The zero-order valence-corrected chi connectivity index (χ0v) is 9.32. The van der Waals surface area contributed by atoms with E-state index < -0.39 is 0 Å². The Hall–Kier alpha value is -0.860. The van der Waals surface area contributed by atoms with Crippen molar-refractivity contribution in [2.24, 2.45) is 0 Å². The number of rotatable bonds is 1. The second kappa shape index (κ2) is 3.71. The average Bonchev–Trinajstić information content (AvgIpc) is 2.45. The summed E-state index contributed by atoms with van der Waals surface area (Å²) < 4.78 is 0. The Kier molecular flexibility index (Phi) is 2.57. The standard InChI is InChI=1S/C11H9ClNS/c1-7-11(14-8(2)13-7)9-4-3-5-10(12)6-9/h3-6H,1H2,2H3. The maximum atomic E-state index is 5.92. The van der Waals surface area contributed by atoms with Gasteiger partial charge in [-0.15, -0.1) is 11.3 Å². The summed E-state index contributed by atoms with van der Waals surface area (Å²) in [5.74, 6) is 0. The zero-order chi connectivity index (χ0) is 10.1. The van der Waals surface area contributed by atoms with Crippen LogP contribution >= 0.6 is 22.9 Å². The van der Waals surface area contributed by atoms with Gasteiger partial charge in [0.2, 0.25) is 0 Å². The smallest absolute Gasteiger partial charge is 0.0903 e. The first-order valence-electron chi connectivity index (χ1n) is 4.22. The SMILES string of the molecule is [CH2]c1nc(C)sc1-c1cccc(Cl)c1. The molecule has 0 spiro atoms. The van der Waals surface area contributed by atoms with Crippen molar-refractivity contribution < 1.29 is 0 Å². The lowest BCUT2D eigenvalue weighted by atomic mass is 10.2. The van der Waals surface area contributed by atoms with Crippen LogP contribution in [0.5, 0.6) is 0 Å². The van der Waals surface area contributed by atoms with Gasteiger partial charge in [0.15, 0.2) is 0 Å². The van der Waals surface area contributed by atoms with Crippen LogP contribution < -0.4 is 0 Å². The van der Waals surface area contributed by atoms with Gasteiger partial charge in [-0.1, -0.05) is 23.7 Å². The third kappa shape index (κ3) is 1.81. The van der Waals surface area contributed by atoms with Crippen LogP contribution in [-0.2, 0) is 0 Å². The molecule has 71 valence electrons. The molecule has 1 aromatic carbocycles. The molecular weight excluding hydrogens is 214 g/mol. The summed E-state index contributed by atoms with van der Waals surface area (Å²) in [4.78, 5) is 5.38. The molecule has 1 nitrogen and oxygen atoms in total. The summed E-state index contributed by atoms with van der Waals surface area (Å²) in [7, 11) is 0. The predicted octanol–water partition coefficient (Wildman–Crippen LogP) is 3.95. The number of halogens is 1. The van der Waals surface area contributed by atoms with Gasteiger partial charge in [-0.05, 0) is 31.5 Å². The lowest BCUT2D eigenvalue weighted by Crippen LogP contribution is -1.77. The molecule has 0 atom stereocenters. The molecule has 2 aromatic rings. The summed E-state index contributed by atoms with van der Waals surface area (Å²) in [5.41, 5.74) is 1.92. The van der Waals surface area contributed by atoms with Crippen LogP contribution in [0.25, 0.3) is 10.4 Å². The number of thiazole rings is 1. The quantitative estimate of drug-likeness (QED) is 0.712. The maximum absolute atomic E-state index is 5.92. The predicted molar refractivity (Wildman–Crippen MR) is 61.8 cm³/mol. The minimum Gasteiger partial charge on any atom is -0.246 e. The van der Waals surface area contributed by atoms with E-state index in [9.17, 15) is 0 Å². The van der Waals surface area contributed by atoms with E-state index in [1.165, 1.54) is 0 Å². The van der Waals surface area contributed by atoms with Gasteiger partial charge in [0.05, 0.1) is 15.6 Å². The molecule has 0 fully saturated rings. The van der Waals surface area contributed by atoms with Gasteiger partial charge in [0.25, 0.3) is 0 Å². The van der Waals surface area contributed by atoms with E-state index in [0.29, 0.717) is 0 Å². The van der Waals surface area contributed by atoms with Gasteiger partial charge in [-0.2, -0.15) is 0 Å². The Morgan fingerprint density at radius 1 is 1.43 bits per heavy atom. The van der Waals surface area contributed by atoms with E-state index in [1.807, 2.05) is 31.2 Å². The number of hydrogen-bond acceptors (Lipinski definition) is 2. The van der Waals surface area contributed by atoms with Crippen molar-refractivity contribution in [3.05, 3.63) is 46.9 Å². The van der Waals surface area contributed by atoms with Crippen molar-refractivity contribution in [1.82, 2.24) is 4.98 Å². The largest absolute Gasteiger partial charge is 0.246 e. The summed E-state index contributed by atoms with van der Waals surface area (Å²) in [6.45, 7) is 5.88. The van der Waals surface area contributed by atoms with Crippen LogP contribution in [0.15, 0.2) is 24.3 Å². The molecule has 1 radical (unpaired) electrons. The Morgan fingerprint density at radius 2 is 2.21 bits per heavy atom. The van der Waals surface area contributed by atoms with Crippen molar-refractivity contribution in [2.45, 2.75) is 6.92 Å². The Morgan fingerprint density at radius 3 is 2.79 bits per heavy atom. The Balaban J connectivity index is 2.54. The summed E-state index contributed by atoms with van der Waals surface area (Å²) in [6, 6.07) is 7.75. The highest BCUT2D eigenvalue weighted by atomic mass is 35.5. The fourth-order valence-corrected chi connectivity index (χ4v) is 2.38. The normalized spacial score (nSPS) is 10.5. The van der Waals surface area contributed by atoms with Crippen LogP contribution in [0.4, 0.5) is 0 Å². The first kappa shape index (κ1) is 9.69. The fraction of sp³-hybridized carbons (Fsp3) is 0.0909. The molecule has 3 heteroatoms.